The van der Waals surface area contributed by atoms with Gasteiger partial charge in [-0.1, -0.05) is 18.0 Å². The van der Waals surface area contributed by atoms with Crippen LogP contribution in [0, 0.1) is 0 Å². The molecule has 1 aromatic carbocycles. The van der Waals surface area contributed by atoms with E-state index in [1.165, 1.54) is 15.6 Å². The van der Waals surface area contributed by atoms with Crippen molar-refractivity contribution in [1.29, 1.82) is 0 Å². The van der Waals surface area contributed by atoms with Crippen molar-refractivity contribution < 1.29 is 13.2 Å². The summed E-state index contributed by atoms with van der Waals surface area (Å²) in [7, 11) is -3.54. The van der Waals surface area contributed by atoms with E-state index >= 15 is 0 Å². The number of rotatable bonds is 4. The molecule has 1 aliphatic rings. The highest BCUT2D eigenvalue weighted by atomic mass is 35.5. The summed E-state index contributed by atoms with van der Waals surface area (Å²) in [5.41, 5.74) is 1.85. The van der Waals surface area contributed by atoms with E-state index in [9.17, 15) is 13.2 Å². The molecule has 0 radical (unpaired) electrons. The zero-order valence-corrected chi connectivity index (χ0v) is 16.3. The number of halogens is 1. The van der Waals surface area contributed by atoms with Gasteiger partial charge in [0, 0.05) is 29.6 Å². The Kier molecular flexibility index (Phi) is 4.64. The SMILES string of the molecule is O=Cc1c(-c2ccc(Cl)s2)[nH]c2ccc(S(=O)(=O)N3CCCCC3)cc12. The van der Waals surface area contributed by atoms with Gasteiger partial charge in [-0.3, -0.25) is 4.79 Å². The summed E-state index contributed by atoms with van der Waals surface area (Å²) in [4.78, 5) is 16.0. The van der Waals surface area contributed by atoms with Gasteiger partial charge in [0.1, 0.15) is 0 Å². The van der Waals surface area contributed by atoms with Gasteiger partial charge in [0.05, 0.1) is 19.8 Å². The van der Waals surface area contributed by atoms with E-state index in [4.69, 9.17) is 11.6 Å². The quantitative estimate of drug-likeness (QED) is 0.644. The second-order valence-corrected chi connectivity index (χ2v) is 9.96. The number of sulfonamides is 1. The maximum absolute atomic E-state index is 12.9. The van der Waals surface area contributed by atoms with Gasteiger partial charge in [0.15, 0.2) is 6.29 Å². The number of carbonyl (C=O) groups is 1. The second-order valence-electron chi connectivity index (χ2n) is 6.31. The Labute approximate surface area is 160 Å². The maximum atomic E-state index is 12.9. The van der Waals surface area contributed by atoms with E-state index in [1.54, 1.807) is 24.3 Å². The van der Waals surface area contributed by atoms with Crippen LogP contribution in [-0.4, -0.2) is 37.1 Å². The molecule has 0 bridgehead atoms. The summed E-state index contributed by atoms with van der Waals surface area (Å²) in [6, 6.07) is 8.53. The fourth-order valence-electron chi connectivity index (χ4n) is 3.37. The molecule has 1 fully saturated rings. The molecule has 0 unspecified atom stereocenters. The summed E-state index contributed by atoms with van der Waals surface area (Å²) < 4.78 is 28.0. The molecule has 0 amide bonds. The molecule has 4 rings (SSSR count). The van der Waals surface area contributed by atoms with E-state index in [1.807, 2.05) is 6.07 Å². The summed E-state index contributed by atoms with van der Waals surface area (Å²) in [5, 5.41) is 0.609. The van der Waals surface area contributed by atoms with E-state index in [0.717, 1.165) is 35.9 Å². The maximum Gasteiger partial charge on any atom is 0.243 e. The van der Waals surface area contributed by atoms with Crippen LogP contribution < -0.4 is 0 Å². The van der Waals surface area contributed by atoms with Crippen LogP contribution in [0.2, 0.25) is 4.34 Å². The van der Waals surface area contributed by atoms with Crippen LogP contribution in [0.25, 0.3) is 21.5 Å². The Hall–Kier alpha value is -1.67. The highest BCUT2D eigenvalue weighted by Gasteiger charge is 2.27. The lowest BCUT2D eigenvalue weighted by Gasteiger charge is -2.25. The molecule has 3 heterocycles. The third kappa shape index (κ3) is 2.99. The van der Waals surface area contributed by atoms with Gasteiger partial charge in [-0.2, -0.15) is 4.31 Å². The average Bonchev–Trinajstić information content (AvgIpc) is 3.24. The third-order valence-corrected chi connectivity index (χ3v) is 7.84. The number of thiophene rings is 1. The van der Waals surface area contributed by atoms with Crippen molar-refractivity contribution in [3.05, 3.63) is 40.2 Å². The van der Waals surface area contributed by atoms with E-state index in [2.05, 4.69) is 4.98 Å². The molecule has 0 aliphatic carbocycles. The van der Waals surface area contributed by atoms with Gasteiger partial charge in [0.25, 0.3) is 0 Å². The van der Waals surface area contributed by atoms with Crippen LogP contribution in [-0.2, 0) is 10.0 Å². The molecule has 0 saturated carbocycles. The average molecular weight is 409 g/mol. The van der Waals surface area contributed by atoms with Crippen LogP contribution >= 0.6 is 22.9 Å². The highest BCUT2D eigenvalue weighted by molar-refractivity contribution is 7.89. The van der Waals surface area contributed by atoms with Crippen molar-refractivity contribution in [2.75, 3.05) is 13.1 Å². The predicted octanol–water partition coefficient (Wildman–Crippen LogP) is 4.54. The van der Waals surface area contributed by atoms with Crippen molar-refractivity contribution in [1.82, 2.24) is 9.29 Å². The molecule has 8 heteroatoms. The Morgan fingerprint density at radius 1 is 1.12 bits per heavy atom. The van der Waals surface area contributed by atoms with Crippen LogP contribution in [0.15, 0.2) is 35.2 Å². The number of hydrogen-bond donors (Lipinski definition) is 1. The van der Waals surface area contributed by atoms with Crippen molar-refractivity contribution in [2.45, 2.75) is 24.2 Å². The molecule has 0 atom stereocenters. The molecular weight excluding hydrogens is 392 g/mol. The van der Waals surface area contributed by atoms with Crippen molar-refractivity contribution in [3.8, 4) is 10.6 Å². The number of aromatic amines is 1. The molecule has 0 spiro atoms. The number of hydrogen-bond acceptors (Lipinski definition) is 4. The Balaban J connectivity index is 1.83. The molecule has 3 aromatic rings. The molecule has 1 aliphatic heterocycles. The van der Waals surface area contributed by atoms with Gasteiger partial charge < -0.3 is 4.98 Å². The zero-order valence-electron chi connectivity index (χ0n) is 13.9. The van der Waals surface area contributed by atoms with E-state index < -0.39 is 10.0 Å². The van der Waals surface area contributed by atoms with Crippen LogP contribution in [0.5, 0.6) is 0 Å². The summed E-state index contributed by atoms with van der Waals surface area (Å²) >= 11 is 7.37. The topological polar surface area (TPSA) is 70.2 Å². The van der Waals surface area contributed by atoms with E-state index in [-0.39, 0.29) is 4.90 Å². The van der Waals surface area contributed by atoms with Gasteiger partial charge in [-0.15, -0.1) is 11.3 Å². The van der Waals surface area contributed by atoms with Gasteiger partial charge in [0.2, 0.25) is 10.0 Å². The Bertz CT molecular complexity index is 1080. The number of fused-ring (bicyclic) bond motifs is 1. The van der Waals surface area contributed by atoms with Crippen molar-refractivity contribution in [2.24, 2.45) is 0 Å². The normalized spacial score (nSPS) is 16.2. The molecular formula is C18H17ClN2O3S2. The number of piperidine rings is 1. The van der Waals surface area contributed by atoms with Crippen LogP contribution in [0.1, 0.15) is 29.6 Å². The number of aldehydes is 1. The first-order chi connectivity index (χ1) is 12.5. The fraction of sp³-hybridized carbons (Fsp3) is 0.278. The lowest BCUT2D eigenvalue weighted by atomic mass is 10.1. The number of nitrogens with zero attached hydrogens (tertiary/aromatic N) is 1. The number of H-pyrrole nitrogens is 1. The first-order valence-electron chi connectivity index (χ1n) is 8.37. The highest BCUT2D eigenvalue weighted by Crippen LogP contribution is 2.36. The largest absolute Gasteiger partial charge is 0.353 e. The van der Waals surface area contributed by atoms with E-state index in [0.29, 0.717) is 34.1 Å². The smallest absolute Gasteiger partial charge is 0.243 e. The number of benzene rings is 1. The molecule has 2 aromatic heterocycles. The second kappa shape index (κ2) is 6.81. The predicted molar refractivity (Wildman–Crippen MR) is 105 cm³/mol. The summed E-state index contributed by atoms with van der Waals surface area (Å²) in [5.74, 6) is 0. The first kappa shape index (κ1) is 17.7. The lowest BCUT2D eigenvalue weighted by molar-refractivity contribution is 0.112. The van der Waals surface area contributed by atoms with Crippen LogP contribution in [0.4, 0.5) is 0 Å². The summed E-state index contributed by atoms with van der Waals surface area (Å²) in [6.45, 7) is 1.10. The lowest BCUT2D eigenvalue weighted by Crippen LogP contribution is -2.35. The molecule has 5 nitrogen and oxygen atoms in total. The molecule has 1 N–H and O–H groups in total. The number of aromatic nitrogens is 1. The zero-order chi connectivity index (χ0) is 18.3. The fourth-order valence-corrected chi connectivity index (χ4v) is 5.97. The minimum atomic E-state index is -3.54. The van der Waals surface area contributed by atoms with Gasteiger partial charge >= 0.3 is 0 Å². The standard InChI is InChI=1S/C18H17ClN2O3S2/c19-17-7-6-16(25-17)18-14(11-22)13-10-12(4-5-15(13)20-18)26(23,24)21-8-2-1-3-9-21/h4-7,10-11,20H,1-3,8-9H2. The number of carbonyl (C=O) groups excluding carboxylic acids is 1. The van der Waals surface area contributed by atoms with Crippen LogP contribution in [0.3, 0.4) is 0 Å². The monoisotopic (exact) mass is 408 g/mol. The Morgan fingerprint density at radius 3 is 2.54 bits per heavy atom. The minimum Gasteiger partial charge on any atom is -0.353 e. The van der Waals surface area contributed by atoms with Gasteiger partial charge in [-0.05, 0) is 43.2 Å². The molecule has 136 valence electrons. The van der Waals surface area contributed by atoms with Crippen molar-refractivity contribution in [3.63, 3.8) is 0 Å². The minimum absolute atomic E-state index is 0.227. The Morgan fingerprint density at radius 2 is 1.88 bits per heavy atom. The van der Waals surface area contributed by atoms with Crippen molar-refractivity contribution >= 4 is 50.2 Å². The number of nitrogens with one attached hydrogen (secondary N) is 1. The third-order valence-electron chi connectivity index (χ3n) is 4.70. The summed E-state index contributed by atoms with van der Waals surface area (Å²) in [6.07, 6.45) is 3.59. The molecule has 26 heavy (non-hydrogen) atoms. The molecule has 1 saturated heterocycles. The first-order valence-corrected chi connectivity index (χ1v) is 11.0. The van der Waals surface area contributed by atoms with Gasteiger partial charge in [-0.25, -0.2) is 8.42 Å².